The Balaban J connectivity index is 2.59. The lowest BCUT2D eigenvalue weighted by Gasteiger charge is -2.13. The minimum atomic E-state index is -0.787. The van der Waals surface area contributed by atoms with Gasteiger partial charge in [-0.25, -0.2) is 4.98 Å². The van der Waals surface area contributed by atoms with Crippen LogP contribution in [0.1, 0.15) is 6.92 Å². The van der Waals surface area contributed by atoms with Crippen molar-refractivity contribution in [2.75, 3.05) is 17.3 Å². The second-order valence-electron chi connectivity index (χ2n) is 3.48. The smallest absolute Gasteiger partial charge is 0.203 e. The molecule has 0 aliphatic heterocycles. The van der Waals surface area contributed by atoms with Crippen molar-refractivity contribution in [1.82, 2.24) is 9.55 Å². The number of hydrogen-bond acceptors (Lipinski definition) is 3. The average Bonchev–Trinajstić information content (AvgIpc) is 2.52. The summed E-state index contributed by atoms with van der Waals surface area (Å²) in [6, 6.07) is 0.154. The monoisotopic (exact) mass is 227 g/mol. The van der Waals surface area contributed by atoms with Gasteiger partial charge in [-0.3, -0.25) is 4.21 Å². The second kappa shape index (κ2) is 5.70. The number of aromatic nitrogens is 2. The number of allylic oxidation sites excluding steroid dienone is 1. The minimum absolute atomic E-state index is 0.154. The van der Waals surface area contributed by atoms with Gasteiger partial charge in [0.05, 0.1) is 0 Å². The fourth-order valence-corrected chi connectivity index (χ4v) is 2.14. The van der Waals surface area contributed by atoms with Gasteiger partial charge in [-0.2, -0.15) is 0 Å². The van der Waals surface area contributed by atoms with Crippen LogP contribution < -0.4 is 5.32 Å². The Kier molecular flexibility index (Phi) is 4.55. The van der Waals surface area contributed by atoms with Crippen LogP contribution in [0.2, 0.25) is 0 Å². The maximum atomic E-state index is 11.0. The Morgan fingerprint density at radius 1 is 1.80 bits per heavy atom. The summed E-state index contributed by atoms with van der Waals surface area (Å²) in [7, 11) is -0.787. The summed E-state index contributed by atoms with van der Waals surface area (Å²) in [6.07, 6.45) is 7.14. The van der Waals surface area contributed by atoms with Crippen molar-refractivity contribution in [3.8, 4) is 0 Å². The molecule has 1 aromatic heterocycles. The Morgan fingerprint density at radius 3 is 3.13 bits per heavy atom. The zero-order valence-corrected chi connectivity index (χ0v) is 9.96. The highest BCUT2D eigenvalue weighted by molar-refractivity contribution is 7.84. The van der Waals surface area contributed by atoms with Crippen LogP contribution in [0.5, 0.6) is 0 Å². The van der Waals surface area contributed by atoms with Crippen LogP contribution in [-0.2, 0) is 17.3 Å². The Bertz CT molecular complexity index is 348. The normalized spacial score (nSPS) is 14.5. The number of anilines is 1. The highest BCUT2D eigenvalue weighted by Crippen LogP contribution is 2.06. The van der Waals surface area contributed by atoms with Gasteiger partial charge >= 0.3 is 0 Å². The largest absolute Gasteiger partial charge is 0.352 e. The predicted octanol–water partition coefficient (Wildman–Crippen LogP) is 1.25. The number of imidazole rings is 1. The van der Waals surface area contributed by atoms with E-state index >= 15 is 0 Å². The maximum absolute atomic E-state index is 11.0. The highest BCUT2D eigenvalue weighted by Gasteiger charge is 2.07. The van der Waals surface area contributed by atoms with Gasteiger partial charge in [0.2, 0.25) is 5.95 Å². The van der Waals surface area contributed by atoms with Crippen LogP contribution in [0.3, 0.4) is 0 Å². The molecule has 0 aliphatic carbocycles. The first kappa shape index (κ1) is 12.0. The van der Waals surface area contributed by atoms with E-state index in [9.17, 15) is 4.21 Å². The zero-order chi connectivity index (χ0) is 11.3. The number of nitrogens with zero attached hydrogens (tertiary/aromatic N) is 2. The first-order valence-corrected chi connectivity index (χ1v) is 6.54. The molecule has 0 radical (unpaired) electrons. The summed E-state index contributed by atoms with van der Waals surface area (Å²) < 4.78 is 13.0. The molecule has 1 heterocycles. The molecule has 0 bridgehead atoms. The molecule has 0 fully saturated rings. The van der Waals surface area contributed by atoms with E-state index in [0.29, 0.717) is 5.75 Å². The van der Waals surface area contributed by atoms with Crippen LogP contribution in [0.25, 0.3) is 0 Å². The molecule has 0 aromatic carbocycles. The van der Waals surface area contributed by atoms with E-state index in [0.717, 1.165) is 12.5 Å². The Hall–Kier alpha value is -1.10. The van der Waals surface area contributed by atoms with Crippen LogP contribution in [-0.4, -0.2) is 31.8 Å². The molecule has 2 atom stereocenters. The van der Waals surface area contributed by atoms with Crippen molar-refractivity contribution < 1.29 is 4.21 Å². The molecule has 0 spiro atoms. The van der Waals surface area contributed by atoms with Gasteiger partial charge in [-0.05, 0) is 6.92 Å². The van der Waals surface area contributed by atoms with E-state index in [-0.39, 0.29) is 6.04 Å². The van der Waals surface area contributed by atoms with Crippen LogP contribution >= 0.6 is 0 Å². The van der Waals surface area contributed by atoms with Gasteiger partial charge in [-0.15, -0.1) is 6.58 Å². The lowest BCUT2D eigenvalue weighted by Crippen LogP contribution is -2.24. The first-order valence-electron chi connectivity index (χ1n) is 4.82. The number of hydrogen-bond donors (Lipinski definition) is 1. The fraction of sp³-hybridized carbons (Fsp3) is 0.500. The van der Waals surface area contributed by atoms with Gasteiger partial charge in [-0.1, -0.05) is 6.08 Å². The first-order chi connectivity index (χ1) is 7.13. The topological polar surface area (TPSA) is 46.9 Å². The summed E-state index contributed by atoms with van der Waals surface area (Å²) >= 11 is 0. The average molecular weight is 227 g/mol. The summed E-state index contributed by atoms with van der Waals surface area (Å²) in [5.74, 6) is 1.42. The van der Waals surface area contributed by atoms with Crippen LogP contribution in [0.15, 0.2) is 25.0 Å². The highest BCUT2D eigenvalue weighted by atomic mass is 32.2. The predicted molar refractivity (Wildman–Crippen MR) is 64.4 cm³/mol. The van der Waals surface area contributed by atoms with Crippen molar-refractivity contribution in [2.45, 2.75) is 19.5 Å². The van der Waals surface area contributed by atoms with Crippen molar-refractivity contribution in [3.63, 3.8) is 0 Å². The molecule has 84 valence electrons. The molecule has 0 aliphatic rings. The van der Waals surface area contributed by atoms with Gasteiger partial charge in [0.25, 0.3) is 0 Å². The molecule has 2 unspecified atom stereocenters. The van der Waals surface area contributed by atoms with Crippen molar-refractivity contribution >= 4 is 16.7 Å². The summed E-state index contributed by atoms with van der Waals surface area (Å²) in [5, 5.41) is 3.22. The molecule has 0 saturated carbocycles. The van der Waals surface area contributed by atoms with Gasteiger partial charge < -0.3 is 9.88 Å². The van der Waals surface area contributed by atoms with Gasteiger partial charge in [0.1, 0.15) is 0 Å². The summed E-state index contributed by atoms with van der Waals surface area (Å²) in [5.41, 5.74) is 0. The second-order valence-corrected chi connectivity index (χ2v) is 4.96. The molecule has 0 saturated heterocycles. The molecule has 4 nitrogen and oxygen atoms in total. The van der Waals surface area contributed by atoms with Crippen LogP contribution in [0, 0.1) is 0 Å². The number of nitrogens with one attached hydrogen (secondary N) is 1. The summed E-state index contributed by atoms with van der Waals surface area (Å²) in [6.45, 7) is 6.40. The number of rotatable bonds is 6. The standard InChI is InChI=1S/C10H17N3OS/c1-4-6-13-7-5-11-10(13)12-9(2)8-15(3)14/h4-5,7,9H,1,6,8H2,2-3H3,(H,11,12). The van der Waals surface area contributed by atoms with Crippen molar-refractivity contribution in [2.24, 2.45) is 0 Å². The molecule has 1 rings (SSSR count). The molecule has 5 heteroatoms. The van der Waals surface area contributed by atoms with Crippen molar-refractivity contribution in [3.05, 3.63) is 25.0 Å². The third-order valence-electron chi connectivity index (χ3n) is 1.90. The third kappa shape index (κ3) is 3.87. The molecule has 15 heavy (non-hydrogen) atoms. The van der Waals surface area contributed by atoms with Crippen LogP contribution in [0.4, 0.5) is 5.95 Å². The van der Waals surface area contributed by atoms with E-state index in [1.165, 1.54) is 0 Å². The molecular weight excluding hydrogens is 210 g/mol. The van der Waals surface area contributed by atoms with E-state index in [2.05, 4.69) is 16.9 Å². The Labute approximate surface area is 92.9 Å². The third-order valence-corrected chi connectivity index (χ3v) is 2.87. The lowest BCUT2D eigenvalue weighted by molar-refractivity contribution is 0.682. The maximum Gasteiger partial charge on any atom is 0.203 e. The Morgan fingerprint density at radius 2 is 2.53 bits per heavy atom. The van der Waals surface area contributed by atoms with Crippen molar-refractivity contribution in [1.29, 1.82) is 0 Å². The zero-order valence-electron chi connectivity index (χ0n) is 9.14. The molecule has 1 aromatic rings. The van der Waals surface area contributed by atoms with E-state index < -0.39 is 10.8 Å². The van der Waals surface area contributed by atoms with E-state index in [1.54, 1.807) is 12.5 Å². The van der Waals surface area contributed by atoms with Gasteiger partial charge in [0.15, 0.2) is 0 Å². The molecule has 1 N–H and O–H groups in total. The van der Waals surface area contributed by atoms with E-state index in [4.69, 9.17) is 0 Å². The minimum Gasteiger partial charge on any atom is -0.352 e. The lowest BCUT2D eigenvalue weighted by atomic mass is 10.4. The van der Waals surface area contributed by atoms with E-state index in [1.807, 2.05) is 23.8 Å². The fourth-order valence-electron chi connectivity index (χ4n) is 1.35. The molecular formula is C10H17N3OS. The summed E-state index contributed by atoms with van der Waals surface area (Å²) in [4.78, 5) is 4.19. The van der Waals surface area contributed by atoms with Gasteiger partial charge in [0, 0.05) is 47.8 Å². The SMILES string of the molecule is C=CCn1ccnc1NC(C)CS(C)=O. The quantitative estimate of drug-likeness (QED) is 0.744. The molecule has 0 amide bonds.